The summed E-state index contributed by atoms with van der Waals surface area (Å²) in [5.41, 5.74) is -1.48. The zero-order valence-corrected chi connectivity index (χ0v) is 11.4. The molecule has 1 aromatic carbocycles. The van der Waals surface area contributed by atoms with Gasteiger partial charge in [-0.1, -0.05) is 13.0 Å². The van der Waals surface area contributed by atoms with E-state index in [-0.39, 0.29) is 5.56 Å². The molecule has 0 amide bonds. The van der Waals surface area contributed by atoms with Gasteiger partial charge in [0.05, 0.1) is 12.2 Å². The molecular weight excluding hydrogens is 290 g/mol. The van der Waals surface area contributed by atoms with Crippen LogP contribution in [0.2, 0.25) is 0 Å². The number of hydrogen-bond donors (Lipinski definition) is 0. The Kier molecular flexibility index (Phi) is 4.63. The average molecular weight is 305 g/mol. The highest BCUT2D eigenvalue weighted by molar-refractivity contribution is 5.99. The number of alkyl halides is 3. The molecule has 0 N–H and O–H groups in total. The molecule has 0 saturated carbocycles. The molecular formula is C14H15F4NO2. The lowest BCUT2D eigenvalue weighted by molar-refractivity contribution is -0.140. The standard InChI is InChI=1S/C14H15F4NO2/c1-2-19-5-6-21-12(8-19)13(20)9-3-4-10(11(15)7-9)14(16,17)18/h3-4,7,12H,2,5-6,8H2,1H3. The van der Waals surface area contributed by atoms with Gasteiger partial charge in [0.25, 0.3) is 0 Å². The Bertz CT molecular complexity index is 530. The summed E-state index contributed by atoms with van der Waals surface area (Å²) in [6, 6.07) is 2.20. The van der Waals surface area contributed by atoms with Crippen molar-refractivity contribution in [1.82, 2.24) is 4.90 Å². The van der Waals surface area contributed by atoms with Crippen molar-refractivity contribution in [2.75, 3.05) is 26.2 Å². The van der Waals surface area contributed by atoms with E-state index in [0.717, 1.165) is 12.6 Å². The fourth-order valence-electron chi connectivity index (χ4n) is 2.23. The maximum atomic E-state index is 13.5. The van der Waals surface area contributed by atoms with E-state index < -0.39 is 29.4 Å². The first kappa shape index (κ1) is 15.9. The lowest BCUT2D eigenvalue weighted by atomic mass is 10.0. The summed E-state index contributed by atoms with van der Waals surface area (Å²) in [4.78, 5) is 14.2. The van der Waals surface area contributed by atoms with Crippen LogP contribution in [0.1, 0.15) is 22.8 Å². The minimum absolute atomic E-state index is 0.108. The van der Waals surface area contributed by atoms with Crippen LogP contribution in [0.5, 0.6) is 0 Å². The summed E-state index contributed by atoms with van der Waals surface area (Å²) in [5.74, 6) is -1.95. The number of carbonyl (C=O) groups is 1. The lowest BCUT2D eigenvalue weighted by Crippen LogP contribution is -2.45. The molecule has 3 nitrogen and oxygen atoms in total. The van der Waals surface area contributed by atoms with Crippen molar-refractivity contribution in [2.24, 2.45) is 0 Å². The molecule has 1 heterocycles. The first-order valence-corrected chi connectivity index (χ1v) is 6.58. The molecule has 2 rings (SSSR count). The van der Waals surface area contributed by atoms with E-state index in [4.69, 9.17) is 4.74 Å². The Morgan fingerprint density at radius 1 is 1.43 bits per heavy atom. The summed E-state index contributed by atoms with van der Waals surface area (Å²) < 4.78 is 56.3. The molecule has 0 spiro atoms. The number of benzene rings is 1. The fraction of sp³-hybridized carbons (Fsp3) is 0.500. The highest BCUT2D eigenvalue weighted by atomic mass is 19.4. The van der Waals surface area contributed by atoms with Crippen LogP contribution in [0.4, 0.5) is 17.6 Å². The largest absolute Gasteiger partial charge is 0.419 e. The van der Waals surface area contributed by atoms with Crippen molar-refractivity contribution in [3.8, 4) is 0 Å². The predicted molar refractivity (Wildman–Crippen MR) is 67.6 cm³/mol. The Balaban J connectivity index is 2.18. The number of halogens is 4. The molecule has 0 aromatic heterocycles. The molecule has 0 radical (unpaired) electrons. The lowest BCUT2D eigenvalue weighted by Gasteiger charge is -2.31. The van der Waals surface area contributed by atoms with Gasteiger partial charge in [0.1, 0.15) is 11.9 Å². The number of rotatable bonds is 3. The zero-order chi connectivity index (χ0) is 15.6. The molecule has 1 fully saturated rings. The Labute approximate surface area is 119 Å². The van der Waals surface area contributed by atoms with Crippen LogP contribution in [-0.4, -0.2) is 43.0 Å². The highest BCUT2D eigenvalue weighted by Crippen LogP contribution is 2.31. The third kappa shape index (κ3) is 3.59. The summed E-state index contributed by atoms with van der Waals surface area (Å²) >= 11 is 0. The molecule has 1 atom stereocenters. The smallest absolute Gasteiger partial charge is 0.367 e. The number of morpholine rings is 1. The van der Waals surface area contributed by atoms with E-state index in [2.05, 4.69) is 0 Å². The van der Waals surface area contributed by atoms with E-state index in [1.165, 1.54) is 0 Å². The molecule has 7 heteroatoms. The summed E-state index contributed by atoms with van der Waals surface area (Å²) in [6.45, 7) is 4.10. The SMILES string of the molecule is CCN1CCOC(C(=O)c2ccc(C(F)(F)F)c(F)c2)C1. The van der Waals surface area contributed by atoms with E-state index in [0.29, 0.717) is 31.8 Å². The second-order valence-corrected chi connectivity index (χ2v) is 4.81. The van der Waals surface area contributed by atoms with E-state index in [1.807, 2.05) is 11.8 Å². The first-order chi connectivity index (χ1) is 9.82. The second kappa shape index (κ2) is 6.11. The van der Waals surface area contributed by atoms with Gasteiger partial charge in [-0.15, -0.1) is 0 Å². The third-order valence-corrected chi connectivity index (χ3v) is 3.45. The van der Waals surface area contributed by atoms with Crippen molar-refractivity contribution in [3.63, 3.8) is 0 Å². The topological polar surface area (TPSA) is 29.5 Å². The molecule has 1 unspecified atom stereocenters. The number of hydrogen-bond acceptors (Lipinski definition) is 3. The maximum Gasteiger partial charge on any atom is 0.419 e. The summed E-state index contributed by atoms with van der Waals surface area (Å²) in [7, 11) is 0. The van der Waals surface area contributed by atoms with E-state index in [9.17, 15) is 22.4 Å². The number of ketones is 1. The van der Waals surface area contributed by atoms with Gasteiger partial charge in [0, 0.05) is 18.7 Å². The van der Waals surface area contributed by atoms with Crippen LogP contribution in [0.25, 0.3) is 0 Å². The first-order valence-electron chi connectivity index (χ1n) is 6.58. The van der Waals surface area contributed by atoms with Gasteiger partial charge in [0.2, 0.25) is 0 Å². The minimum Gasteiger partial charge on any atom is -0.367 e. The Morgan fingerprint density at radius 3 is 2.71 bits per heavy atom. The van der Waals surface area contributed by atoms with Gasteiger partial charge in [-0.25, -0.2) is 4.39 Å². The van der Waals surface area contributed by atoms with Crippen molar-refractivity contribution in [2.45, 2.75) is 19.2 Å². The van der Waals surface area contributed by atoms with Crippen LogP contribution < -0.4 is 0 Å². The molecule has 1 saturated heterocycles. The summed E-state index contributed by atoms with van der Waals surface area (Å²) in [5, 5.41) is 0. The molecule has 1 aliphatic heterocycles. The van der Waals surface area contributed by atoms with E-state index in [1.54, 1.807) is 0 Å². The van der Waals surface area contributed by atoms with Gasteiger partial charge < -0.3 is 4.74 Å². The van der Waals surface area contributed by atoms with Crippen LogP contribution in [-0.2, 0) is 10.9 Å². The van der Waals surface area contributed by atoms with Crippen molar-refractivity contribution >= 4 is 5.78 Å². The maximum absolute atomic E-state index is 13.5. The van der Waals surface area contributed by atoms with Gasteiger partial charge in [0.15, 0.2) is 5.78 Å². The number of ether oxygens (including phenoxy) is 1. The van der Waals surface area contributed by atoms with Gasteiger partial charge >= 0.3 is 6.18 Å². The Hall–Kier alpha value is -1.47. The fourth-order valence-corrected chi connectivity index (χ4v) is 2.23. The molecule has 1 aliphatic rings. The predicted octanol–water partition coefficient (Wildman–Crippen LogP) is 2.75. The number of carbonyl (C=O) groups excluding carboxylic acids is 1. The van der Waals surface area contributed by atoms with Crippen LogP contribution in [0.3, 0.4) is 0 Å². The Morgan fingerprint density at radius 2 is 2.14 bits per heavy atom. The molecule has 0 bridgehead atoms. The monoisotopic (exact) mass is 305 g/mol. The second-order valence-electron chi connectivity index (χ2n) is 4.81. The van der Waals surface area contributed by atoms with Crippen LogP contribution in [0, 0.1) is 5.82 Å². The summed E-state index contributed by atoms with van der Waals surface area (Å²) in [6.07, 6.45) is -5.54. The van der Waals surface area contributed by atoms with Gasteiger partial charge in [-0.3, -0.25) is 9.69 Å². The van der Waals surface area contributed by atoms with Crippen molar-refractivity contribution in [1.29, 1.82) is 0 Å². The van der Waals surface area contributed by atoms with Crippen LogP contribution >= 0.6 is 0 Å². The van der Waals surface area contributed by atoms with Crippen LogP contribution in [0.15, 0.2) is 18.2 Å². The number of likely N-dealkylation sites (N-methyl/N-ethyl adjacent to an activating group) is 1. The minimum atomic E-state index is -4.77. The molecule has 21 heavy (non-hydrogen) atoms. The molecule has 0 aliphatic carbocycles. The van der Waals surface area contributed by atoms with Gasteiger partial charge in [-0.2, -0.15) is 13.2 Å². The van der Waals surface area contributed by atoms with E-state index >= 15 is 0 Å². The highest BCUT2D eigenvalue weighted by Gasteiger charge is 2.35. The average Bonchev–Trinajstić information content (AvgIpc) is 2.45. The molecule has 1 aromatic rings. The van der Waals surface area contributed by atoms with Crippen molar-refractivity contribution in [3.05, 3.63) is 35.1 Å². The normalized spacial score (nSPS) is 20.5. The van der Waals surface area contributed by atoms with Gasteiger partial charge in [-0.05, 0) is 18.7 Å². The molecule has 116 valence electrons. The number of nitrogens with zero attached hydrogens (tertiary/aromatic N) is 1. The number of Topliss-reactive ketones (excluding diaryl/α,β-unsaturated/α-hetero) is 1. The quantitative estimate of drug-likeness (QED) is 0.635. The third-order valence-electron chi connectivity index (χ3n) is 3.45. The van der Waals surface area contributed by atoms with Crippen molar-refractivity contribution < 1.29 is 27.1 Å². The zero-order valence-electron chi connectivity index (χ0n) is 11.4.